The van der Waals surface area contributed by atoms with E-state index in [1.807, 2.05) is 6.92 Å². The Kier molecular flexibility index (Phi) is 4.78. The molecule has 1 spiro atoms. The van der Waals surface area contributed by atoms with E-state index in [0.717, 1.165) is 0 Å². The molecule has 0 bridgehead atoms. The summed E-state index contributed by atoms with van der Waals surface area (Å²) in [6, 6.07) is 4.72. The molecule has 6 nitrogen and oxygen atoms in total. The zero-order chi connectivity index (χ0) is 17.3. The van der Waals surface area contributed by atoms with Gasteiger partial charge in [0.1, 0.15) is 19.0 Å². The summed E-state index contributed by atoms with van der Waals surface area (Å²) < 4.78 is 24.8. The maximum atomic E-state index is 13.9. The zero-order valence-electron chi connectivity index (χ0n) is 13.2. The van der Waals surface area contributed by atoms with E-state index in [0.29, 0.717) is 29.6 Å². The number of nitrogens with one attached hydrogen (secondary N) is 1. The lowest BCUT2D eigenvalue weighted by molar-refractivity contribution is -0.134. The molecule has 8 heteroatoms. The SMILES string of the molecule is C[C@@H]1C[C@]2(COCC(=O)N2)CN1C(=O)OCc1cccc(Br)c1F. The Morgan fingerprint density at radius 2 is 2.38 bits per heavy atom. The number of morpholine rings is 1. The van der Waals surface area contributed by atoms with Crippen LogP contribution in [0.3, 0.4) is 0 Å². The monoisotopic (exact) mass is 400 g/mol. The standard InChI is InChI=1S/C16H18BrFN2O4/c1-10-5-16(9-23-7-13(21)19-16)8-20(10)15(22)24-6-11-3-2-4-12(17)14(11)18/h2-4,10H,5-9H2,1H3,(H,19,21)/t10-,16-/m1/s1. The second kappa shape index (κ2) is 6.68. The minimum atomic E-state index is -0.561. The summed E-state index contributed by atoms with van der Waals surface area (Å²) in [7, 11) is 0. The Balaban J connectivity index is 1.63. The molecule has 2 aliphatic rings. The second-order valence-corrected chi connectivity index (χ2v) is 7.12. The molecule has 1 aromatic rings. The largest absolute Gasteiger partial charge is 0.444 e. The Labute approximate surface area is 147 Å². The summed E-state index contributed by atoms with van der Waals surface area (Å²) in [5.74, 6) is -0.621. The molecule has 0 aliphatic carbocycles. The van der Waals surface area contributed by atoms with Gasteiger partial charge in [-0.2, -0.15) is 0 Å². The van der Waals surface area contributed by atoms with Crippen molar-refractivity contribution < 1.29 is 23.5 Å². The average Bonchev–Trinajstić information content (AvgIpc) is 2.84. The molecule has 1 aromatic carbocycles. The zero-order valence-corrected chi connectivity index (χ0v) is 14.8. The highest BCUT2D eigenvalue weighted by Gasteiger charge is 2.47. The molecule has 2 saturated heterocycles. The van der Waals surface area contributed by atoms with Crippen LogP contribution in [0.15, 0.2) is 22.7 Å². The predicted molar refractivity (Wildman–Crippen MR) is 86.8 cm³/mol. The summed E-state index contributed by atoms with van der Waals surface area (Å²) >= 11 is 3.10. The highest BCUT2D eigenvalue weighted by atomic mass is 79.9. The van der Waals surface area contributed by atoms with E-state index < -0.39 is 17.4 Å². The number of likely N-dealkylation sites (tertiary alicyclic amines) is 1. The Bertz CT molecular complexity index is 671. The molecule has 2 heterocycles. The number of carbonyl (C=O) groups is 2. The van der Waals surface area contributed by atoms with Crippen LogP contribution in [0, 0.1) is 5.82 Å². The molecule has 2 atom stereocenters. The highest BCUT2D eigenvalue weighted by Crippen LogP contribution is 2.30. The van der Waals surface area contributed by atoms with Crippen LogP contribution in [0.4, 0.5) is 9.18 Å². The van der Waals surface area contributed by atoms with E-state index in [9.17, 15) is 14.0 Å². The summed E-state index contributed by atoms with van der Waals surface area (Å²) in [4.78, 5) is 25.5. The van der Waals surface area contributed by atoms with E-state index in [-0.39, 0.29) is 25.2 Å². The fourth-order valence-electron chi connectivity index (χ4n) is 3.25. The number of hydrogen-bond acceptors (Lipinski definition) is 4. The van der Waals surface area contributed by atoms with Crippen molar-refractivity contribution in [3.05, 3.63) is 34.1 Å². The summed E-state index contributed by atoms with van der Waals surface area (Å²) in [5.41, 5.74) is -0.261. The van der Waals surface area contributed by atoms with Gasteiger partial charge in [0.2, 0.25) is 5.91 Å². The van der Waals surface area contributed by atoms with Crippen molar-refractivity contribution in [1.82, 2.24) is 10.2 Å². The molecule has 1 N–H and O–H groups in total. The van der Waals surface area contributed by atoms with Crippen LogP contribution in [0.1, 0.15) is 18.9 Å². The van der Waals surface area contributed by atoms with Gasteiger partial charge in [0.05, 0.1) is 16.6 Å². The lowest BCUT2D eigenvalue weighted by Crippen LogP contribution is -2.58. The lowest BCUT2D eigenvalue weighted by Gasteiger charge is -2.33. The van der Waals surface area contributed by atoms with Crippen molar-refractivity contribution in [1.29, 1.82) is 0 Å². The number of nitrogens with zero attached hydrogens (tertiary/aromatic N) is 1. The molecule has 3 rings (SSSR count). The molecule has 2 fully saturated rings. The van der Waals surface area contributed by atoms with E-state index in [2.05, 4.69) is 21.2 Å². The van der Waals surface area contributed by atoms with Crippen molar-refractivity contribution in [2.75, 3.05) is 19.8 Å². The second-order valence-electron chi connectivity index (χ2n) is 6.27. The predicted octanol–water partition coefficient (Wildman–Crippen LogP) is 2.20. The van der Waals surface area contributed by atoms with E-state index >= 15 is 0 Å². The first kappa shape index (κ1) is 17.2. The average molecular weight is 401 g/mol. The van der Waals surface area contributed by atoms with Gasteiger partial charge in [-0.15, -0.1) is 0 Å². The molecule has 0 unspecified atom stereocenters. The molecule has 2 amide bonds. The molecule has 0 saturated carbocycles. The molecule has 0 aromatic heterocycles. The number of halogens is 2. The van der Waals surface area contributed by atoms with Crippen LogP contribution in [-0.2, 0) is 20.9 Å². The van der Waals surface area contributed by atoms with Gasteiger partial charge in [-0.05, 0) is 35.3 Å². The van der Waals surface area contributed by atoms with Crippen LogP contribution in [-0.4, -0.2) is 48.2 Å². The van der Waals surface area contributed by atoms with Crippen molar-refractivity contribution in [3.63, 3.8) is 0 Å². The molecular formula is C16H18BrFN2O4. The Morgan fingerprint density at radius 1 is 1.58 bits per heavy atom. The van der Waals surface area contributed by atoms with Gasteiger partial charge in [-0.1, -0.05) is 12.1 Å². The minimum Gasteiger partial charge on any atom is -0.444 e. The van der Waals surface area contributed by atoms with Crippen molar-refractivity contribution in [2.45, 2.75) is 31.5 Å². The van der Waals surface area contributed by atoms with Crippen LogP contribution in [0.2, 0.25) is 0 Å². The number of benzene rings is 1. The van der Waals surface area contributed by atoms with Gasteiger partial charge in [0.15, 0.2) is 0 Å². The normalized spacial score (nSPS) is 26.5. The fourth-order valence-corrected chi connectivity index (χ4v) is 3.66. The third kappa shape index (κ3) is 3.39. The topological polar surface area (TPSA) is 67.9 Å². The number of amides is 2. The quantitative estimate of drug-likeness (QED) is 0.826. The molecule has 130 valence electrons. The van der Waals surface area contributed by atoms with Crippen LogP contribution < -0.4 is 5.32 Å². The van der Waals surface area contributed by atoms with E-state index in [1.54, 1.807) is 23.1 Å². The van der Waals surface area contributed by atoms with E-state index in [4.69, 9.17) is 9.47 Å². The first-order valence-electron chi connectivity index (χ1n) is 7.65. The first-order valence-corrected chi connectivity index (χ1v) is 8.44. The minimum absolute atomic E-state index is 0.0444. The van der Waals surface area contributed by atoms with Crippen molar-refractivity contribution in [2.24, 2.45) is 0 Å². The number of ether oxygens (including phenoxy) is 2. The van der Waals surface area contributed by atoms with Crippen LogP contribution in [0.5, 0.6) is 0 Å². The third-order valence-electron chi connectivity index (χ3n) is 4.32. The highest BCUT2D eigenvalue weighted by molar-refractivity contribution is 9.10. The van der Waals surface area contributed by atoms with Gasteiger partial charge in [-0.25, -0.2) is 9.18 Å². The fraction of sp³-hybridized carbons (Fsp3) is 0.500. The Morgan fingerprint density at radius 3 is 3.12 bits per heavy atom. The maximum Gasteiger partial charge on any atom is 0.410 e. The lowest BCUT2D eigenvalue weighted by atomic mass is 9.96. The summed E-state index contributed by atoms with van der Waals surface area (Å²) in [5, 5.41) is 2.92. The van der Waals surface area contributed by atoms with Crippen LogP contribution >= 0.6 is 15.9 Å². The van der Waals surface area contributed by atoms with Gasteiger partial charge >= 0.3 is 6.09 Å². The maximum absolute atomic E-state index is 13.9. The van der Waals surface area contributed by atoms with Gasteiger partial charge < -0.3 is 19.7 Å². The molecular weight excluding hydrogens is 383 g/mol. The number of rotatable bonds is 2. The number of hydrogen-bond donors (Lipinski definition) is 1. The smallest absolute Gasteiger partial charge is 0.410 e. The third-order valence-corrected chi connectivity index (χ3v) is 4.94. The van der Waals surface area contributed by atoms with Crippen molar-refractivity contribution in [3.8, 4) is 0 Å². The molecule has 24 heavy (non-hydrogen) atoms. The first-order chi connectivity index (χ1) is 11.4. The summed E-state index contributed by atoms with van der Waals surface area (Å²) in [6.07, 6.45) is 0.0672. The van der Waals surface area contributed by atoms with Gasteiger partial charge in [0, 0.05) is 18.2 Å². The Hall–Kier alpha value is -1.67. The van der Waals surface area contributed by atoms with Gasteiger partial charge in [-0.3, -0.25) is 4.79 Å². The number of carbonyl (C=O) groups excluding carboxylic acids is 2. The summed E-state index contributed by atoms with van der Waals surface area (Å²) in [6.45, 7) is 2.47. The van der Waals surface area contributed by atoms with Crippen molar-refractivity contribution >= 4 is 27.9 Å². The molecule has 2 aliphatic heterocycles. The van der Waals surface area contributed by atoms with Gasteiger partial charge in [0.25, 0.3) is 0 Å². The molecule has 0 radical (unpaired) electrons. The van der Waals surface area contributed by atoms with E-state index in [1.165, 1.54) is 0 Å². The van der Waals surface area contributed by atoms with Crippen LogP contribution in [0.25, 0.3) is 0 Å².